The second-order valence-electron chi connectivity index (χ2n) is 7.54. The molecule has 0 saturated carbocycles. The number of hydrogen-bond donors (Lipinski definition) is 1. The Labute approximate surface area is 171 Å². The van der Waals surface area contributed by atoms with Crippen molar-refractivity contribution >= 4 is 21.8 Å². The number of fused-ring (bicyclic) bond motifs is 2. The average Bonchev–Trinajstić information content (AvgIpc) is 3.17. The van der Waals surface area contributed by atoms with Gasteiger partial charge in [0.25, 0.3) is 0 Å². The lowest BCUT2D eigenvalue weighted by molar-refractivity contribution is 0.359. The summed E-state index contributed by atoms with van der Waals surface area (Å²) in [6.45, 7) is 0.712. The molecule has 146 valence electrons. The molecule has 29 heavy (non-hydrogen) atoms. The topological polar surface area (TPSA) is 49.4 Å². The van der Waals surface area contributed by atoms with Gasteiger partial charge in [-0.05, 0) is 34.4 Å². The highest BCUT2D eigenvalue weighted by Gasteiger charge is 2.40. The molecule has 4 nitrogen and oxygen atoms in total. The largest absolute Gasteiger partial charge is 0.384 e. The molecule has 5 rings (SSSR count). The third-order valence-corrected chi connectivity index (χ3v) is 7.45. The van der Waals surface area contributed by atoms with Gasteiger partial charge in [-0.15, -0.1) is 0 Å². The van der Waals surface area contributed by atoms with E-state index in [0.717, 1.165) is 22.4 Å². The highest BCUT2D eigenvalue weighted by molar-refractivity contribution is 7.88. The van der Waals surface area contributed by atoms with Crippen LogP contribution >= 0.6 is 0 Å². The molecule has 2 unspecified atom stereocenters. The number of nitrogens with one attached hydrogen (secondary N) is 1. The van der Waals surface area contributed by atoms with E-state index in [4.69, 9.17) is 0 Å². The second kappa shape index (κ2) is 7.08. The van der Waals surface area contributed by atoms with Crippen LogP contribution in [0.5, 0.6) is 0 Å². The Kier molecular flexibility index (Phi) is 4.40. The van der Waals surface area contributed by atoms with Gasteiger partial charge in [-0.1, -0.05) is 72.8 Å². The van der Waals surface area contributed by atoms with E-state index < -0.39 is 10.0 Å². The Morgan fingerprint density at radius 3 is 2.38 bits per heavy atom. The van der Waals surface area contributed by atoms with E-state index in [1.807, 2.05) is 66.7 Å². The lowest BCUT2D eigenvalue weighted by Crippen LogP contribution is -2.37. The monoisotopic (exact) mass is 402 g/mol. The maximum atomic E-state index is 13.5. The maximum Gasteiger partial charge on any atom is 0.239 e. The summed E-state index contributed by atoms with van der Waals surface area (Å²) in [5.41, 5.74) is 5.18. The Bertz CT molecular complexity index is 1170. The van der Waals surface area contributed by atoms with Crippen LogP contribution in [0.4, 0.5) is 5.69 Å². The Morgan fingerprint density at radius 2 is 1.55 bits per heavy atom. The molecule has 0 bridgehead atoms. The van der Waals surface area contributed by atoms with Crippen molar-refractivity contribution in [2.45, 2.75) is 17.7 Å². The van der Waals surface area contributed by atoms with E-state index in [2.05, 4.69) is 23.5 Å². The van der Waals surface area contributed by atoms with Gasteiger partial charge in [-0.25, -0.2) is 8.42 Å². The molecular weight excluding hydrogens is 380 g/mol. The highest BCUT2D eigenvalue weighted by atomic mass is 32.2. The quantitative estimate of drug-likeness (QED) is 0.685. The molecule has 0 fully saturated rings. The number of hydrogen-bond acceptors (Lipinski definition) is 3. The fraction of sp³-hybridized carbons (Fsp3) is 0.167. The first-order valence-electron chi connectivity index (χ1n) is 9.78. The molecule has 2 aliphatic heterocycles. The van der Waals surface area contributed by atoms with Crippen LogP contribution in [0.2, 0.25) is 0 Å². The Balaban J connectivity index is 1.59. The number of rotatable bonds is 4. The van der Waals surface area contributed by atoms with Crippen molar-refractivity contribution in [2.24, 2.45) is 0 Å². The van der Waals surface area contributed by atoms with Crippen molar-refractivity contribution in [3.05, 3.63) is 107 Å². The van der Waals surface area contributed by atoms with Crippen LogP contribution in [-0.2, 0) is 15.8 Å². The first kappa shape index (κ1) is 18.0. The van der Waals surface area contributed by atoms with Crippen LogP contribution < -0.4 is 5.32 Å². The number of para-hydroxylation sites is 1. The lowest BCUT2D eigenvalue weighted by Gasteiger charge is -2.37. The second-order valence-corrected chi connectivity index (χ2v) is 9.41. The van der Waals surface area contributed by atoms with Gasteiger partial charge >= 0.3 is 0 Å². The third kappa shape index (κ3) is 3.21. The van der Waals surface area contributed by atoms with Gasteiger partial charge in [-0.2, -0.15) is 0 Å². The van der Waals surface area contributed by atoms with Crippen molar-refractivity contribution in [2.75, 3.05) is 11.9 Å². The lowest BCUT2D eigenvalue weighted by atomic mass is 9.85. The standard InChI is InChI=1S/C24H22N2O2S/c27-29(28,17-18-8-2-1-3-9-18)26-15-14-19-10-4-5-11-20(19)24(26)22-16-25-23-13-7-6-12-21(22)23/h1-15,22,24-25H,16-17H2. The molecule has 0 aliphatic carbocycles. The smallest absolute Gasteiger partial charge is 0.239 e. The molecule has 0 saturated heterocycles. The first-order chi connectivity index (χ1) is 14.1. The molecule has 2 aliphatic rings. The third-order valence-electron chi connectivity index (χ3n) is 5.76. The molecule has 1 N–H and O–H groups in total. The van der Waals surface area contributed by atoms with E-state index in [-0.39, 0.29) is 17.7 Å². The summed E-state index contributed by atoms with van der Waals surface area (Å²) in [6.07, 6.45) is 3.65. The Hall–Kier alpha value is -3.05. The number of anilines is 1. The van der Waals surface area contributed by atoms with Crippen LogP contribution in [0.1, 0.15) is 34.2 Å². The van der Waals surface area contributed by atoms with Crippen LogP contribution in [0.25, 0.3) is 6.08 Å². The summed E-state index contributed by atoms with van der Waals surface area (Å²) < 4.78 is 28.6. The minimum Gasteiger partial charge on any atom is -0.384 e. The number of nitrogens with zero attached hydrogens (tertiary/aromatic N) is 1. The fourth-order valence-corrected chi connectivity index (χ4v) is 6.04. The normalized spacial score (nSPS) is 20.1. The zero-order valence-electron chi connectivity index (χ0n) is 15.9. The molecule has 0 spiro atoms. The van der Waals surface area contributed by atoms with Crippen molar-refractivity contribution in [1.82, 2.24) is 4.31 Å². The minimum atomic E-state index is -3.55. The maximum absolute atomic E-state index is 13.5. The molecule has 3 aromatic rings. The summed E-state index contributed by atoms with van der Waals surface area (Å²) in [4.78, 5) is 0. The van der Waals surface area contributed by atoms with E-state index in [1.165, 1.54) is 5.56 Å². The van der Waals surface area contributed by atoms with E-state index >= 15 is 0 Å². The Morgan fingerprint density at radius 1 is 0.862 bits per heavy atom. The zero-order chi connectivity index (χ0) is 19.8. The molecule has 0 amide bonds. The van der Waals surface area contributed by atoms with Crippen molar-refractivity contribution in [1.29, 1.82) is 0 Å². The number of benzene rings is 3. The van der Waals surface area contributed by atoms with Gasteiger partial charge in [0.05, 0.1) is 11.8 Å². The SMILES string of the molecule is O=S(=O)(Cc1ccccc1)N1C=Cc2ccccc2C1C1CNc2ccccc21. The van der Waals surface area contributed by atoms with Gasteiger partial charge in [0.1, 0.15) is 0 Å². The van der Waals surface area contributed by atoms with Crippen LogP contribution in [0.15, 0.2) is 85.1 Å². The zero-order valence-corrected chi connectivity index (χ0v) is 16.7. The molecule has 2 atom stereocenters. The van der Waals surface area contributed by atoms with E-state index in [1.54, 1.807) is 10.5 Å². The number of sulfonamides is 1. The van der Waals surface area contributed by atoms with Gasteiger partial charge in [0.2, 0.25) is 10.0 Å². The molecule has 3 aromatic carbocycles. The summed E-state index contributed by atoms with van der Waals surface area (Å²) in [5.74, 6) is 0.0291. The van der Waals surface area contributed by atoms with Crippen molar-refractivity contribution < 1.29 is 8.42 Å². The molecule has 2 heterocycles. The van der Waals surface area contributed by atoms with Crippen LogP contribution in [0, 0.1) is 0 Å². The van der Waals surface area contributed by atoms with Gasteiger partial charge in [0, 0.05) is 24.4 Å². The molecule has 0 radical (unpaired) electrons. The van der Waals surface area contributed by atoms with Gasteiger partial charge in [-0.3, -0.25) is 4.31 Å². The molecule has 0 aromatic heterocycles. The summed E-state index contributed by atoms with van der Waals surface area (Å²) >= 11 is 0. The van der Waals surface area contributed by atoms with Crippen LogP contribution in [0.3, 0.4) is 0 Å². The predicted octanol–water partition coefficient (Wildman–Crippen LogP) is 4.75. The first-order valence-corrected chi connectivity index (χ1v) is 11.4. The van der Waals surface area contributed by atoms with Crippen molar-refractivity contribution in [3.8, 4) is 0 Å². The highest BCUT2D eigenvalue weighted by Crippen LogP contribution is 2.46. The molecular formula is C24H22N2O2S. The average molecular weight is 403 g/mol. The summed E-state index contributed by atoms with van der Waals surface area (Å²) in [6, 6.07) is 25.4. The van der Waals surface area contributed by atoms with Crippen LogP contribution in [-0.4, -0.2) is 19.3 Å². The predicted molar refractivity (Wildman–Crippen MR) is 117 cm³/mol. The van der Waals surface area contributed by atoms with Gasteiger partial charge < -0.3 is 5.32 Å². The summed E-state index contributed by atoms with van der Waals surface area (Å²) in [7, 11) is -3.55. The van der Waals surface area contributed by atoms with Gasteiger partial charge in [0.15, 0.2) is 0 Å². The van der Waals surface area contributed by atoms with E-state index in [9.17, 15) is 8.42 Å². The van der Waals surface area contributed by atoms with E-state index in [0.29, 0.717) is 6.54 Å². The minimum absolute atomic E-state index is 0.0152. The molecule has 5 heteroatoms. The summed E-state index contributed by atoms with van der Waals surface area (Å²) in [5, 5.41) is 3.45. The van der Waals surface area contributed by atoms with Crippen molar-refractivity contribution in [3.63, 3.8) is 0 Å². The fourth-order valence-electron chi connectivity index (χ4n) is 4.43.